The van der Waals surface area contributed by atoms with Gasteiger partial charge in [0.1, 0.15) is 0 Å². The summed E-state index contributed by atoms with van der Waals surface area (Å²) in [6.45, 7) is 4.00. The van der Waals surface area contributed by atoms with Crippen LogP contribution in [0.4, 0.5) is 0 Å². The summed E-state index contributed by atoms with van der Waals surface area (Å²) < 4.78 is 0. The van der Waals surface area contributed by atoms with Crippen LogP contribution in [0.15, 0.2) is 22.3 Å². The Morgan fingerprint density at radius 2 is 2.33 bits per heavy atom. The Kier molecular flexibility index (Phi) is 3.36. The van der Waals surface area contributed by atoms with Crippen molar-refractivity contribution in [2.45, 2.75) is 39.2 Å². The molecule has 1 aliphatic carbocycles. The van der Waals surface area contributed by atoms with Crippen LogP contribution in [0.25, 0.3) is 0 Å². The summed E-state index contributed by atoms with van der Waals surface area (Å²) in [5.74, 6) is 0. The lowest BCUT2D eigenvalue weighted by molar-refractivity contribution is 0.570. The molecule has 68 valence electrons. The molecule has 0 amide bonds. The van der Waals surface area contributed by atoms with E-state index < -0.39 is 0 Å². The number of hydrogen-bond acceptors (Lipinski definition) is 1. The van der Waals surface area contributed by atoms with Crippen molar-refractivity contribution in [2.24, 2.45) is 5.73 Å². The highest BCUT2D eigenvalue weighted by Crippen LogP contribution is 2.31. The van der Waals surface area contributed by atoms with E-state index in [0.717, 1.165) is 24.3 Å². The average molecular weight is 186 g/mol. The molecule has 1 saturated carbocycles. The summed E-state index contributed by atoms with van der Waals surface area (Å²) in [5, 5.41) is 0.901. The minimum absolute atomic E-state index is 0.303. The van der Waals surface area contributed by atoms with Gasteiger partial charge in [0.05, 0.1) is 0 Å². The average Bonchev–Trinajstić information content (AvgIpc) is 2.04. The maximum absolute atomic E-state index is 5.98. The van der Waals surface area contributed by atoms with Crippen molar-refractivity contribution in [3.8, 4) is 0 Å². The Balaban J connectivity index is 2.87. The molecule has 0 aromatic heterocycles. The van der Waals surface area contributed by atoms with Crippen LogP contribution in [0.2, 0.25) is 0 Å². The van der Waals surface area contributed by atoms with Crippen molar-refractivity contribution >= 4 is 11.6 Å². The molecule has 1 rings (SSSR count). The van der Waals surface area contributed by atoms with Crippen LogP contribution in [0.1, 0.15) is 33.1 Å². The van der Waals surface area contributed by atoms with E-state index in [9.17, 15) is 0 Å². The molecule has 1 nitrogen and oxygen atoms in total. The van der Waals surface area contributed by atoms with Gasteiger partial charge in [-0.3, -0.25) is 0 Å². The van der Waals surface area contributed by atoms with E-state index in [1.165, 1.54) is 11.1 Å². The number of nitrogens with two attached hydrogens (primary N) is 1. The molecule has 0 aromatic rings. The molecule has 2 heteroatoms. The predicted molar refractivity (Wildman–Crippen MR) is 54.1 cm³/mol. The van der Waals surface area contributed by atoms with Crippen LogP contribution in [0.3, 0.4) is 0 Å². The van der Waals surface area contributed by atoms with Crippen molar-refractivity contribution in [3.63, 3.8) is 0 Å². The van der Waals surface area contributed by atoms with E-state index in [0.29, 0.717) is 6.04 Å². The maximum atomic E-state index is 5.98. The second kappa shape index (κ2) is 4.11. The van der Waals surface area contributed by atoms with Crippen molar-refractivity contribution in [1.82, 2.24) is 0 Å². The highest BCUT2D eigenvalue weighted by molar-refractivity contribution is 6.29. The van der Waals surface area contributed by atoms with Crippen LogP contribution in [0, 0.1) is 0 Å². The van der Waals surface area contributed by atoms with Crippen LogP contribution >= 0.6 is 11.6 Å². The fourth-order valence-electron chi connectivity index (χ4n) is 1.67. The number of rotatable bonds is 0. The van der Waals surface area contributed by atoms with E-state index in [2.05, 4.69) is 13.0 Å². The van der Waals surface area contributed by atoms with Crippen molar-refractivity contribution in [1.29, 1.82) is 0 Å². The lowest BCUT2D eigenvalue weighted by atomic mass is 9.86. The van der Waals surface area contributed by atoms with Gasteiger partial charge < -0.3 is 5.73 Å². The molecule has 1 atom stereocenters. The Bertz CT molecular complexity index is 224. The first kappa shape index (κ1) is 9.82. The molecule has 0 aromatic carbocycles. The molecule has 0 spiro atoms. The van der Waals surface area contributed by atoms with Gasteiger partial charge in [0, 0.05) is 11.1 Å². The number of hydrogen-bond donors (Lipinski definition) is 1. The van der Waals surface area contributed by atoms with Crippen LogP contribution < -0.4 is 5.73 Å². The van der Waals surface area contributed by atoms with E-state index in [4.69, 9.17) is 17.3 Å². The second-order valence-corrected chi connectivity index (χ2v) is 3.90. The summed E-state index contributed by atoms with van der Waals surface area (Å²) in [4.78, 5) is 0. The van der Waals surface area contributed by atoms with Gasteiger partial charge in [-0.05, 0) is 44.3 Å². The summed E-state index contributed by atoms with van der Waals surface area (Å²) in [6.07, 6.45) is 5.26. The Morgan fingerprint density at radius 3 is 2.83 bits per heavy atom. The standard InChI is InChI=1S/C10H16ClN/c1-3-8-4-5-9(12)6-10(8)7(2)11/h3,9H,4-6,12H2,1-2H3/b8-3-,10-7+. The first-order valence-electron chi connectivity index (χ1n) is 4.41. The molecule has 0 saturated heterocycles. The minimum atomic E-state index is 0.303. The zero-order chi connectivity index (χ0) is 9.14. The smallest absolute Gasteiger partial charge is 0.0185 e. The van der Waals surface area contributed by atoms with E-state index in [1.807, 2.05) is 6.92 Å². The van der Waals surface area contributed by atoms with Crippen LogP contribution in [-0.4, -0.2) is 6.04 Å². The topological polar surface area (TPSA) is 26.0 Å². The van der Waals surface area contributed by atoms with E-state index >= 15 is 0 Å². The second-order valence-electron chi connectivity index (χ2n) is 3.33. The molecule has 0 radical (unpaired) electrons. The van der Waals surface area contributed by atoms with Gasteiger partial charge in [0.15, 0.2) is 0 Å². The molecular formula is C10H16ClN. The van der Waals surface area contributed by atoms with Crippen molar-refractivity contribution in [2.75, 3.05) is 0 Å². The summed E-state index contributed by atoms with van der Waals surface area (Å²) in [5.41, 5.74) is 8.50. The van der Waals surface area contributed by atoms with Gasteiger partial charge in [-0.25, -0.2) is 0 Å². The largest absolute Gasteiger partial charge is 0.327 e. The molecule has 1 fully saturated rings. The first-order valence-corrected chi connectivity index (χ1v) is 4.79. The maximum Gasteiger partial charge on any atom is 0.0185 e. The molecule has 1 aliphatic rings. The Morgan fingerprint density at radius 1 is 1.67 bits per heavy atom. The Hall–Kier alpha value is -0.270. The molecule has 2 N–H and O–H groups in total. The van der Waals surface area contributed by atoms with Gasteiger partial charge in [-0.2, -0.15) is 0 Å². The molecular weight excluding hydrogens is 170 g/mol. The molecule has 0 heterocycles. The van der Waals surface area contributed by atoms with Gasteiger partial charge >= 0.3 is 0 Å². The van der Waals surface area contributed by atoms with Gasteiger partial charge in [0.25, 0.3) is 0 Å². The van der Waals surface area contributed by atoms with Crippen molar-refractivity contribution < 1.29 is 0 Å². The molecule has 1 unspecified atom stereocenters. The molecule has 12 heavy (non-hydrogen) atoms. The van der Waals surface area contributed by atoms with Crippen LogP contribution in [-0.2, 0) is 0 Å². The highest BCUT2D eigenvalue weighted by atomic mass is 35.5. The third kappa shape index (κ3) is 2.11. The third-order valence-corrected chi connectivity index (χ3v) is 2.63. The highest BCUT2D eigenvalue weighted by Gasteiger charge is 2.18. The number of halogens is 1. The minimum Gasteiger partial charge on any atom is -0.327 e. The van der Waals surface area contributed by atoms with Crippen molar-refractivity contribution in [3.05, 3.63) is 22.3 Å². The first-order chi connectivity index (χ1) is 5.65. The normalized spacial score (nSPS) is 32.3. The number of allylic oxidation sites excluding steroid dienone is 3. The molecule has 0 aliphatic heterocycles. The third-order valence-electron chi connectivity index (χ3n) is 2.40. The Labute approximate surface area is 79.3 Å². The van der Waals surface area contributed by atoms with Gasteiger partial charge in [0.2, 0.25) is 0 Å². The van der Waals surface area contributed by atoms with Gasteiger partial charge in [-0.15, -0.1) is 0 Å². The summed E-state index contributed by atoms with van der Waals surface area (Å²) >= 11 is 5.98. The monoisotopic (exact) mass is 185 g/mol. The van der Waals surface area contributed by atoms with E-state index in [-0.39, 0.29) is 0 Å². The zero-order valence-electron chi connectivity index (χ0n) is 7.73. The van der Waals surface area contributed by atoms with Crippen LogP contribution in [0.5, 0.6) is 0 Å². The van der Waals surface area contributed by atoms with Gasteiger partial charge in [-0.1, -0.05) is 17.7 Å². The predicted octanol–water partition coefficient (Wildman–Crippen LogP) is 2.96. The SMILES string of the molecule is C/C=C1/CCC(N)C/C1=C(/C)Cl. The quantitative estimate of drug-likeness (QED) is 0.617. The lowest BCUT2D eigenvalue weighted by Crippen LogP contribution is -2.25. The fraction of sp³-hybridized carbons (Fsp3) is 0.600. The lowest BCUT2D eigenvalue weighted by Gasteiger charge is -2.24. The van der Waals surface area contributed by atoms with E-state index in [1.54, 1.807) is 0 Å². The molecule has 0 bridgehead atoms. The summed E-state index contributed by atoms with van der Waals surface area (Å²) in [7, 11) is 0. The summed E-state index contributed by atoms with van der Waals surface area (Å²) in [6, 6.07) is 0.303. The fourth-order valence-corrected chi connectivity index (χ4v) is 1.87. The zero-order valence-corrected chi connectivity index (χ0v) is 8.49.